The highest BCUT2D eigenvalue weighted by Gasteiger charge is 2.48. The van der Waals surface area contributed by atoms with Crippen LogP contribution in [0.25, 0.3) is 0 Å². The Labute approximate surface area is 230 Å². The lowest BCUT2D eigenvalue weighted by Gasteiger charge is -2.36. The Kier molecular flexibility index (Phi) is 11.8. The van der Waals surface area contributed by atoms with Crippen molar-refractivity contribution in [3.63, 3.8) is 0 Å². The van der Waals surface area contributed by atoms with Gasteiger partial charge < -0.3 is 15.5 Å². The highest BCUT2D eigenvalue weighted by atomic mass is 19.4. The van der Waals surface area contributed by atoms with Crippen molar-refractivity contribution in [1.82, 2.24) is 15.5 Å². The molecule has 1 aliphatic heterocycles. The molecular formula is C31H42F3N3O2. The molecule has 0 bridgehead atoms. The monoisotopic (exact) mass is 545 g/mol. The van der Waals surface area contributed by atoms with E-state index in [1.165, 1.54) is 57.4 Å². The van der Waals surface area contributed by atoms with Crippen molar-refractivity contribution in [1.29, 1.82) is 0 Å². The number of alkyl halides is 3. The number of rotatable bonds is 5. The minimum Gasteiger partial charge on any atom is -0.350 e. The minimum absolute atomic E-state index is 0.0623. The maximum Gasteiger partial charge on any atom is 0.416 e. The number of likely N-dealkylation sites (tertiary alicyclic amines) is 1. The number of nitrogens with one attached hydrogen (secondary N) is 2. The lowest BCUT2D eigenvalue weighted by molar-refractivity contribution is -0.137. The molecule has 2 saturated carbocycles. The predicted octanol–water partition coefficient (Wildman–Crippen LogP) is 6.13. The fourth-order valence-corrected chi connectivity index (χ4v) is 6.00. The van der Waals surface area contributed by atoms with E-state index in [9.17, 15) is 22.8 Å². The van der Waals surface area contributed by atoms with E-state index in [2.05, 4.69) is 10.6 Å². The van der Waals surface area contributed by atoms with E-state index in [4.69, 9.17) is 0 Å². The van der Waals surface area contributed by atoms with Gasteiger partial charge in [0.15, 0.2) is 0 Å². The summed E-state index contributed by atoms with van der Waals surface area (Å²) in [6, 6.07) is 18.5. The molecule has 1 heterocycles. The fraction of sp³-hybridized carbons (Fsp3) is 0.548. The molecule has 8 heteroatoms. The minimum atomic E-state index is -4.22. The molecule has 2 unspecified atom stereocenters. The summed E-state index contributed by atoms with van der Waals surface area (Å²) in [5.74, 6) is 0.0623. The molecule has 1 saturated heterocycles. The Balaban J connectivity index is 0.000000204. The van der Waals surface area contributed by atoms with E-state index in [1.54, 1.807) is 13.0 Å². The zero-order valence-electron chi connectivity index (χ0n) is 22.9. The molecule has 2 atom stereocenters. The molecule has 2 aliphatic carbocycles. The lowest BCUT2D eigenvalue weighted by Crippen LogP contribution is -2.48. The van der Waals surface area contributed by atoms with Gasteiger partial charge in [0.1, 0.15) is 0 Å². The standard InChI is InChI=1S/C17H29N3O2.C8H7F3.C6H6/c21-13-18-11-16(22)20-10-9-17(12-20)8-4-7-15(17)19-14-5-2-1-3-6-14;1-6-3-2-4-7(5-6)8(9,10)11;1-2-4-6-5-3-1/h13-15,19H,1-12H2,(H,18,21);2-5H,1H3;1-6H. The topological polar surface area (TPSA) is 61.4 Å². The molecule has 2 N–H and O–H groups in total. The third-order valence-corrected chi connectivity index (χ3v) is 8.04. The number of nitrogens with zero attached hydrogens (tertiary/aromatic N) is 1. The molecule has 2 aromatic carbocycles. The van der Waals surface area contributed by atoms with Gasteiger partial charge in [-0.1, -0.05) is 85.8 Å². The van der Waals surface area contributed by atoms with Crippen LogP contribution in [-0.4, -0.2) is 48.9 Å². The van der Waals surface area contributed by atoms with Gasteiger partial charge in [0.05, 0.1) is 12.1 Å². The number of amides is 2. The van der Waals surface area contributed by atoms with Crippen molar-refractivity contribution < 1.29 is 22.8 Å². The first-order valence-electron chi connectivity index (χ1n) is 14.1. The van der Waals surface area contributed by atoms with Crippen molar-refractivity contribution in [2.45, 2.75) is 83.0 Å². The summed E-state index contributed by atoms with van der Waals surface area (Å²) in [6.45, 7) is 3.49. The molecule has 3 fully saturated rings. The maximum absolute atomic E-state index is 12.1. The molecule has 5 nitrogen and oxygen atoms in total. The summed E-state index contributed by atoms with van der Waals surface area (Å²) in [5, 5.41) is 6.44. The number of carbonyl (C=O) groups excluding carboxylic acids is 2. The van der Waals surface area contributed by atoms with Crippen molar-refractivity contribution in [2.75, 3.05) is 19.6 Å². The third kappa shape index (κ3) is 9.67. The van der Waals surface area contributed by atoms with Gasteiger partial charge in [-0.2, -0.15) is 13.2 Å². The van der Waals surface area contributed by atoms with Crippen LogP contribution in [0, 0.1) is 12.3 Å². The normalized spacial score (nSPS) is 22.9. The highest BCUT2D eigenvalue weighted by molar-refractivity contribution is 5.80. The molecule has 2 amide bonds. The van der Waals surface area contributed by atoms with Crippen molar-refractivity contribution in [3.05, 3.63) is 71.8 Å². The second kappa shape index (κ2) is 15.1. The Morgan fingerprint density at radius 3 is 2.21 bits per heavy atom. The third-order valence-electron chi connectivity index (χ3n) is 8.04. The van der Waals surface area contributed by atoms with Crippen LogP contribution in [0.2, 0.25) is 0 Å². The van der Waals surface area contributed by atoms with Gasteiger partial charge >= 0.3 is 6.18 Å². The first kappa shape index (κ1) is 30.7. The Bertz CT molecular complexity index is 985. The highest BCUT2D eigenvalue weighted by Crippen LogP contribution is 2.46. The second-order valence-electron chi connectivity index (χ2n) is 10.9. The Morgan fingerprint density at radius 1 is 0.974 bits per heavy atom. The number of carbonyl (C=O) groups is 2. The van der Waals surface area contributed by atoms with Crippen molar-refractivity contribution >= 4 is 12.3 Å². The smallest absolute Gasteiger partial charge is 0.350 e. The van der Waals surface area contributed by atoms with Crippen LogP contribution in [0.3, 0.4) is 0 Å². The van der Waals surface area contributed by atoms with E-state index in [1.807, 2.05) is 41.3 Å². The summed E-state index contributed by atoms with van der Waals surface area (Å²) in [4.78, 5) is 24.4. The van der Waals surface area contributed by atoms with Gasteiger partial charge in [-0.15, -0.1) is 0 Å². The predicted molar refractivity (Wildman–Crippen MR) is 148 cm³/mol. The van der Waals surface area contributed by atoms with Crippen molar-refractivity contribution in [3.8, 4) is 0 Å². The van der Waals surface area contributed by atoms with Crippen LogP contribution in [-0.2, 0) is 15.8 Å². The average molecular weight is 546 g/mol. The molecular weight excluding hydrogens is 503 g/mol. The van der Waals surface area contributed by atoms with E-state index in [-0.39, 0.29) is 17.9 Å². The van der Waals surface area contributed by atoms with Crippen LogP contribution in [0.15, 0.2) is 60.7 Å². The van der Waals surface area contributed by atoms with E-state index >= 15 is 0 Å². The summed E-state index contributed by atoms with van der Waals surface area (Å²) >= 11 is 0. The first-order chi connectivity index (χ1) is 18.7. The van der Waals surface area contributed by atoms with Gasteiger partial charge in [-0.3, -0.25) is 9.59 Å². The van der Waals surface area contributed by atoms with E-state index in [0.717, 1.165) is 31.6 Å². The quantitative estimate of drug-likeness (QED) is 0.445. The zero-order chi connectivity index (χ0) is 28.1. The van der Waals surface area contributed by atoms with Gasteiger partial charge in [0, 0.05) is 30.6 Å². The van der Waals surface area contributed by atoms with Gasteiger partial charge in [-0.05, 0) is 45.1 Å². The summed E-state index contributed by atoms with van der Waals surface area (Å²) in [6.07, 6.45) is 8.02. The van der Waals surface area contributed by atoms with E-state index in [0.29, 0.717) is 24.1 Å². The fourth-order valence-electron chi connectivity index (χ4n) is 6.00. The average Bonchev–Trinajstić information content (AvgIpc) is 3.56. The van der Waals surface area contributed by atoms with Crippen LogP contribution in [0.5, 0.6) is 0 Å². The maximum atomic E-state index is 12.1. The molecule has 5 rings (SSSR count). The second-order valence-corrected chi connectivity index (χ2v) is 10.9. The molecule has 0 aromatic heterocycles. The molecule has 39 heavy (non-hydrogen) atoms. The number of benzene rings is 2. The molecule has 3 aliphatic rings. The van der Waals surface area contributed by atoms with Crippen molar-refractivity contribution in [2.24, 2.45) is 5.41 Å². The number of aryl methyl sites for hydroxylation is 1. The SMILES string of the molecule is Cc1cccc(C(F)(F)F)c1.O=CNCC(=O)N1CCC2(CCCC2NC2CCCCC2)C1.c1ccccc1. The summed E-state index contributed by atoms with van der Waals surface area (Å²) in [5.41, 5.74) is 0.325. The van der Waals surface area contributed by atoms with Gasteiger partial charge in [0.2, 0.25) is 12.3 Å². The number of hydrogen-bond donors (Lipinski definition) is 2. The molecule has 0 radical (unpaired) electrons. The summed E-state index contributed by atoms with van der Waals surface area (Å²) < 4.78 is 35.9. The summed E-state index contributed by atoms with van der Waals surface area (Å²) in [7, 11) is 0. The molecule has 1 spiro atoms. The molecule has 214 valence electrons. The largest absolute Gasteiger partial charge is 0.416 e. The van der Waals surface area contributed by atoms with Crippen LogP contribution in [0.4, 0.5) is 13.2 Å². The van der Waals surface area contributed by atoms with Crippen LogP contribution in [0.1, 0.15) is 68.9 Å². The van der Waals surface area contributed by atoms with Gasteiger partial charge in [-0.25, -0.2) is 0 Å². The Hall–Kier alpha value is -2.87. The van der Waals surface area contributed by atoms with E-state index < -0.39 is 11.7 Å². The van der Waals surface area contributed by atoms with Crippen LogP contribution >= 0.6 is 0 Å². The number of halogens is 3. The first-order valence-corrected chi connectivity index (χ1v) is 14.1. The lowest BCUT2D eigenvalue weighted by atomic mass is 9.80. The Morgan fingerprint density at radius 2 is 1.64 bits per heavy atom. The molecule has 2 aromatic rings. The van der Waals surface area contributed by atoms with Crippen LogP contribution < -0.4 is 10.6 Å². The zero-order valence-corrected chi connectivity index (χ0v) is 22.9. The number of hydrogen-bond acceptors (Lipinski definition) is 3. The van der Waals surface area contributed by atoms with Gasteiger partial charge in [0.25, 0.3) is 0 Å².